The Morgan fingerprint density at radius 1 is 1.11 bits per heavy atom. The van der Waals surface area contributed by atoms with Crippen molar-refractivity contribution in [3.8, 4) is 0 Å². The molecule has 1 aliphatic carbocycles. The number of aliphatic imine (C=N–C) groups is 1. The van der Waals surface area contributed by atoms with Gasteiger partial charge in [0.2, 0.25) is 0 Å². The van der Waals surface area contributed by atoms with E-state index in [1.165, 1.54) is 18.4 Å². The van der Waals surface area contributed by atoms with Crippen molar-refractivity contribution in [2.45, 2.75) is 57.3 Å². The van der Waals surface area contributed by atoms with Gasteiger partial charge in [-0.15, -0.1) is 24.0 Å². The van der Waals surface area contributed by atoms with E-state index >= 15 is 0 Å². The third kappa shape index (κ3) is 8.49. The minimum atomic E-state index is -0.0809. The van der Waals surface area contributed by atoms with Gasteiger partial charge in [0.1, 0.15) is 0 Å². The summed E-state index contributed by atoms with van der Waals surface area (Å²) in [5.41, 5.74) is 1.70. The van der Waals surface area contributed by atoms with Gasteiger partial charge < -0.3 is 15.4 Å². The van der Waals surface area contributed by atoms with Gasteiger partial charge in [0, 0.05) is 32.0 Å². The fourth-order valence-electron chi connectivity index (χ4n) is 3.17. The van der Waals surface area contributed by atoms with Gasteiger partial charge in [-0.05, 0) is 38.2 Å². The number of guanidine groups is 1. The zero-order valence-electron chi connectivity index (χ0n) is 16.6. The van der Waals surface area contributed by atoms with Gasteiger partial charge in [-0.3, -0.25) is 9.79 Å². The zero-order valence-corrected chi connectivity index (χ0v) is 19.0. The molecular formula is C21H34IN3O2. The van der Waals surface area contributed by atoms with Gasteiger partial charge in [0.25, 0.3) is 0 Å². The van der Waals surface area contributed by atoms with Gasteiger partial charge in [-0.2, -0.15) is 0 Å². The first-order valence-electron chi connectivity index (χ1n) is 9.86. The Morgan fingerprint density at radius 3 is 2.44 bits per heavy atom. The maximum atomic E-state index is 11.3. The van der Waals surface area contributed by atoms with Crippen LogP contribution in [0.1, 0.15) is 57.4 Å². The summed E-state index contributed by atoms with van der Waals surface area (Å²) < 4.78 is 4.93. The van der Waals surface area contributed by atoms with Crippen molar-refractivity contribution in [1.82, 2.24) is 10.6 Å². The number of hydrogen-bond donors (Lipinski definition) is 2. The number of nitrogens with one attached hydrogen (secondary N) is 2. The molecule has 6 heteroatoms. The van der Waals surface area contributed by atoms with Crippen molar-refractivity contribution in [2.24, 2.45) is 4.99 Å². The first-order chi connectivity index (χ1) is 12.7. The lowest BCUT2D eigenvalue weighted by atomic mass is 9.96. The molecule has 0 atom stereocenters. The second-order valence-corrected chi connectivity index (χ2v) is 6.97. The number of hydrogen-bond acceptors (Lipinski definition) is 3. The van der Waals surface area contributed by atoms with Gasteiger partial charge in [-0.25, -0.2) is 0 Å². The number of unbranched alkanes of at least 4 members (excludes halogenated alkanes) is 3. The molecule has 0 radical (unpaired) electrons. The van der Waals surface area contributed by atoms with Crippen molar-refractivity contribution >= 4 is 35.9 Å². The predicted octanol–water partition coefficient (Wildman–Crippen LogP) is 4.01. The van der Waals surface area contributed by atoms with Crippen LogP contribution < -0.4 is 10.6 Å². The smallest absolute Gasteiger partial charge is 0.305 e. The average Bonchev–Trinajstić information content (AvgIpc) is 3.45. The van der Waals surface area contributed by atoms with Gasteiger partial charge in [0.15, 0.2) is 5.96 Å². The predicted molar refractivity (Wildman–Crippen MR) is 122 cm³/mol. The van der Waals surface area contributed by atoms with E-state index in [0.29, 0.717) is 13.0 Å². The quantitative estimate of drug-likeness (QED) is 0.163. The number of carbonyl (C=O) groups excluding carboxylic acids is 1. The molecule has 0 unspecified atom stereocenters. The summed E-state index contributed by atoms with van der Waals surface area (Å²) in [6, 6.07) is 10.7. The number of nitrogens with zero attached hydrogens (tertiary/aromatic N) is 1. The molecule has 0 amide bonds. The SMILES string of the molecule is CCOC(=O)CCCCCCNC(=NC)NCC1(c2ccccc2)CC1.I. The molecular weight excluding hydrogens is 453 g/mol. The Balaban J connectivity index is 0.00000364. The van der Waals surface area contributed by atoms with E-state index in [2.05, 4.69) is 46.0 Å². The molecule has 1 fully saturated rings. The summed E-state index contributed by atoms with van der Waals surface area (Å²) in [5, 5.41) is 6.87. The molecule has 0 spiro atoms. The van der Waals surface area contributed by atoms with Gasteiger partial charge >= 0.3 is 5.97 Å². The van der Waals surface area contributed by atoms with Crippen LogP contribution in [0, 0.1) is 0 Å². The Kier molecular flexibility index (Phi) is 11.4. The van der Waals surface area contributed by atoms with Crippen LogP contribution in [0.25, 0.3) is 0 Å². The van der Waals surface area contributed by atoms with E-state index in [0.717, 1.165) is 44.7 Å². The van der Waals surface area contributed by atoms with Crippen molar-refractivity contribution in [3.05, 3.63) is 35.9 Å². The normalized spacial score (nSPS) is 14.8. The minimum Gasteiger partial charge on any atom is -0.466 e. The Bertz CT molecular complexity index is 574. The van der Waals surface area contributed by atoms with Crippen LogP contribution in [0.4, 0.5) is 0 Å². The lowest BCUT2D eigenvalue weighted by Crippen LogP contribution is -2.41. The summed E-state index contributed by atoms with van der Waals surface area (Å²) in [6.45, 7) is 4.14. The number of rotatable bonds is 11. The number of ether oxygens (including phenoxy) is 1. The highest BCUT2D eigenvalue weighted by Gasteiger charge is 2.43. The highest BCUT2D eigenvalue weighted by Crippen LogP contribution is 2.47. The third-order valence-corrected chi connectivity index (χ3v) is 4.96. The highest BCUT2D eigenvalue weighted by atomic mass is 127. The highest BCUT2D eigenvalue weighted by molar-refractivity contribution is 14.0. The molecule has 0 saturated heterocycles. The number of carbonyl (C=O) groups is 1. The average molecular weight is 487 g/mol. The second kappa shape index (κ2) is 13.0. The standard InChI is InChI=1S/C21H33N3O2.HI/c1-3-26-19(25)13-9-4-5-10-16-23-20(22-2)24-17-21(14-15-21)18-11-7-6-8-12-18;/h6-8,11-12H,3-5,9-10,13-17H2,1-2H3,(H2,22,23,24);1H. The maximum absolute atomic E-state index is 11.3. The second-order valence-electron chi connectivity index (χ2n) is 6.97. The van der Waals surface area contributed by atoms with Crippen molar-refractivity contribution < 1.29 is 9.53 Å². The van der Waals surface area contributed by atoms with Crippen LogP contribution in [-0.4, -0.2) is 38.7 Å². The van der Waals surface area contributed by atoms with Gasteiger partial charge in [0.05, 0.1) is 6.61 Å². The Morgan fingerprint density at radius 2 is 1.81 bits per heavy atom. The Labute approximate surface area is 180 Å². The summed E-state index contributed by atoms with van der Waals surface area (Å²) in [7, 11) is 1.82. The van der Waals surface area contributed by atoms with Gasteiger partial charge in [-0.1, -0.05) is 43.2 Å². The molecule has 1 saturated carbocycles. The van der Waals surface area contributed by atoms with Crippen LogP contribution in [0.5, 0.6) is 0 Å². The number of benzene rings is 1. The van der Waals surface area contributed by atoms with Crippen LogP contribution in [0.3, 0.4) is 0 Å². The third-order valence-electron chi connectivity index (χ3n) is 4.96. The fourth-order valence-corrected chi connectivity index (χ4v) is 3.17. The molecule has 152 valence electrons. The lowest BCUT2D eigenvalue weighted by molar-refractivity contribution is -0.143. The van der Waals surface area contributed by atoms with Crippen molar-refractivity contribution in [2.75, 3.05) is 26.7 Å². The van der Waals surface area contributed by atoms with E-state index in [9.17, 15) is 4.79 Å². The van der Waals surface area contributed by atoms with E-state index in [1.807, 2.05) is 14.0 Å². The molecule has 0 aromatic heterocycles. The molecule has 1 aliphatic rings. The molecule has 5 nitrogen and oxygen atoms in total. The minimum absolute atomic E-state index is 0. The maximum Gasteiger partial charge on any atom is 0.305 e. The molecule has 27 heavy (non-hydrogen) atoms. The summed E-state index contributed by atoms with van der Waals surface area (Å²) >= 11 is 0. The lowest BCUT2D eigenvalue weighted by Gasteiger charge is -2.19. The fraction of sp³-hybridized carbons (Fsp3) is 0.619. The van der Waals surface area contributed by atoms with Crippen LogP contribution in [0.2, 0.25) is 0 Å². The van der Waals surface area contributed by atoms with Crippen LogP contribution >= 0.6 is 24.0 Å². The van der Waals surface area contributed by atoms with E-state index in [-0.39, 0.29) is 35.4 Å². The molecule has 2 N–H and O–H groups in total. The van der Waals surface area contributed by atoms with E-state index in [4.69, 9.17) is 4.74 Å². The van der Waals surface area contributed by atoms with Crippen molar-refractivity contribution in [1.29, 1.82) is 0 Å². The van der Waals surface area contributed by atoms with Crippen molar-refractivity contribution in [3.63, 3.8) is 0 Å². The zero-order chi connectivity index (χ0) is 18.7. The monoisotopic (exact) mass is 487 g/mol. The topological polar surface area (TPSA) is 62.7 Å². The summed E-state index contributed by atoms with van der Waals surface area (Å²) in [6.07, 6.45) is 7.16. The molecule has 0 heterocycles. The van der Waals surface area contributed by atoms with E-state index < -0.39 is 0 Å². The summed E-state index contributed by atoms with van der Waals surface area (Å²) in [4.78, 5) is 15.6. The van der Waals surface area contributed by atoms with Crippen LogP contribution in [-0.2, 0) is 14.9 Å². The molecule has 2 rings (SSSR count). The molecule has 0 bridgehead atoms. The first-order valence-corrected chi connectivity index (χ1v) is 9.86. The largest absolute Gasteiger partial charge is 0.466 e. The summed E-state index contributed by atoms with van der Waals surface area (Å²) in [5.74, 6) is 0.793. The molecule has 0 aliphatic heterocycles. The number of esters is 1. The Hall–Kier alpha value is -1.31. The molecule has 1 aromatic rings. The molecule has 1 aromatic carbocycles. The van der Waals surface area contributed by atoms with Crippen LogP contribution in [0.15, 0.2) is 35.3 Å². The van der Waals surface area contributed by atoms with E-state index in [1.54, 1.807) is 0 Å². The number of halogens is 1. The first kappa shape index (κ1) is 23.7.